The second-order valence-corrected chi connectivity index (χ2v) is 5.89. The fourth-order valence-electron chi connectivity index (χ4n) is 2.30. The maximum Gasteiger partial charge on any atom is 0.319 e. The van der Waals surface area contributed by atoms with Crippen molar-refractivity contribution in [2.24, 2.45) is 5.92 Å². The van der Waals surface area contributed by atoms with Gasteiger partial charge in [-0.2, -0.15) is 0 Å². The average Bonchev–Trinajstić information content (AvgIpc) is 2.49. The zero-order valence-electron chi connectivity index (χ0n) is 12.7. The molecule has 0 saturated heterocycles. The quantitative estimate of drug-likeness (QED) is 0.347. The maximum atomic E-state index is 12.5. The summed E-state index contributed by atoms with van der Waals surface area (Å²) in [6.45, 7) is 3.82. The van der Waals surface area contributed by atoms with Crippen molar-refractivity contribution in [3.8, 4) is 5.75 Å². The number of non-ortho nitro benzene ring substituents is 1. The van der Waals surface area contributed by atoms with Gasteiger partial charge in [0.15, 0.2) is 0 Å². The Morgan fingerprint density at radius 1 is 1.17 bits per heavy atom. The lowest BCUT2D eigenvalue weighted by molar-refractivity contribution is -0.384. The van der Waals surface area contributed by atoms with Crippen LogP contribution in [0.25, 0.3) is 0 Å². The first kappa shape index (κ1) is 17.0. The van der Waals surface area contributed by atoms with Crippen molar-refractivity contribution in [2.75, 3.05) is 0 Å². The van der Waals surface area contributed by atoms with Crippen LogP contribution in [0.3, 0.4) is 0 Å². The summed E-state index contributed by atoms with van der Waals surface area (Å²) in [5.41, 5.74) is 0.669. The van der Waals surface area contributed by atoms with Gasteiger partial charge in [0.25, 0.3) is 5.69 Å². The van der Waals surface area contributed by atoms with Gasteiger partial charge in [0.1, 0.15) is 5.75 Å². The molecule has 6 heteroatoms. The Balaban J connectivity index is 2.23. The number of nitro benzene ring substituents is 1. The van der Waals surface area contributed by atoms with Crippen molar-refractivity contribution in [1.29, 1.82) is 0 Å². The van der Waals surface area contributed by atoms with E-state index in [1.54, 1.807) is 24.3 Å². The first-order valence-electron chi connectivity index (χ1n) is 7.10. The van der Waals surface area contributed by atoms with Gasteiger partial charge in [0, 0.05) is 11.1 Å². The van der Waals surface area contributed by atoms with E-state index in [2.05, 4.69) is 0 Å². The Bertz CT molecular complexity index is 713. The van der Waals surface area contributed by atoms with Crippen molar-refractivity contribution in [3.63, 3.8) is 0 Å². The van der Waals surface area contributed by atoms with Crippen molar-refractivity contribution in [2.45, 2.75) is 19.8 Å². The highest BCUT2D eigenvalue weighted by atomic mass is 35.5. The molecule has 0 amide bonds. The predicted molar refractivity (Wildman–Crippen MR) is 87.8 cm³/mol. The number of hydrogen-bond acceptors (Lipinski definition) is 4. The topological polar surface area (TPSA) is 69.4 Å². The molecule has 0 aliphatic carbocycles. The Morgan fingerprint density at radius 3 is 2.39 bits per heavy atom. The molecule has 23 heavy (non-hydrogen) atoms. The predicted octanol–water partition coefficient (Wildman–Crippen LogP) is 4.59. The zero-order chi connectivity index (χ0) is 17.0. The number of nitro groups is 1. The second kappa shape index (κ2) is 7.24. The van der Waals surface area contributed by atoms with Gasteiger partial charge in [-0.1, -0.05) is 43.6 Å². The third-order valence-corrected chi connectivity index (χ3v) is 3.65. The molecular formula is C17H16ClNO4. The molecule has 2 aromatic rings. The normalized spacial score (nSPS) is 12.0. The fourth-order valence-corrected chi connectivity index (χ4v) is 2.43. The van der Waals surface area contributed by atoms with Crippen LogP contribution < -0.4 is 4.74 Å². The van der Waals surface area contributed by atoms with Crippen LogP contribution in [0.5, 0.6) is 5.75 Å². The van der Waals surface area contributed by atoms with Gasteiger partial charge in [-0.3, -0.25) is 14.9 Å². The molecule has 2 rings (SSSR count). The standard InChI is InChI=1S/C17H16ClNO4/c1-11(2)16(12-6-8-13(18)9-7-12)17(20)23-15-5-3-4-14(10-15)19(21)22/h3-11,16H,1-2H3/t16-/m0/s1. The van der Waals surface area contributed by atoms with Gasteiger partial charge in [0.05, 0.1) is 16.9 Å². The molecule has 0 N–H and O–H groups in total. The molecule has 1 atom stereocenters. The number of esters is 1. The van der Waals surface area contributed by atoms with Crippen LogP contribution in [0.1, 0.15) is 25.3 Å². The molecule has 2 aromatic carbocycles. The number of benzene rings is 2. The minimum Gasteiger partial charge on any atom is -0.426 e. The van der Waals surface area contributed by atoms with Gasteiger partial charge in [0.2, 0.25) is 0 Å². The summed E-state index contributed by atoms with van der Waals surface area (Å²) in [4.78, 5) is 22.8. The molecule has 0 saturated carbocycles. The number of carbonyl (C=O) groups excluding carboxylic acids is 1. The molecule has 0 fully saturated rings. The van der Waals surface area contributed by atoms with Crippen molar-refractivity contribution in [1.82, 2.24) is 0 Å². The van der Waals surface area contributed by atoms with Gasteiger partial charge in [-0.25, -0.2) is 0 Å². The zero-order valence-corrected chi connectivity index (χ0v) is 13.5. The molecule has 0 unspecified atom stereocenters. The highest BCUT2D eigenvalue weighted by molar-refractivity contribution is 6.30. The van der Waals surface area contributed by atoms with Gasteiger partial charge in [-0.05, 0) is 29.7 Å². The summed E-state index contributed by atoms with van der Waals surface area (Å²) < 4.78 is 5.34. The Kier molecular flexibility index (Phi) is 5.34. The lowest BCUT2D eigenvalue weighted by atomic mass is 9.88. The minimum absolute atomic E-state index is 0.00220. The fraction of sp³-hybridized carbons (Fsp3) is 0.235. The molecule has 0 aliphatic rings. The third kappa shape index (κ3) is 4.29. The van der Waals surface area contributed by atoms with Crippen LogP contribution in [-0.4, -0.2) is 10.9 Å². The maximum absolute atomic E-state index is 12.5. The van der Waals surface area contributed by atoms with Crippen LogP contribution in [0.15, 0.2) is 48.5 Å². The van der Waals surface area contributed by atoms with Gasteiger partial charge < -0.3 is 4.74 Å². The van der Waals surface area contributed by atoms with E-state index >= 15 is 0 Å². The molecular weight excluding hydrogens is 318 g/mol. The number of ether oxygens (including phenoxy) is 1. The SMILES string of the molecule is CC(C)[C@H](C(=O)Oc1cccc([N+](=O)[O-])c1)c1ccc(Cl)cc1. The number of hydrogen-bond donors (Lipinski definition) is 0. The van der Waals surface area contributed by atoms with E-state index in [-0.39, 0.29) is 17.4 Å². The average molecular weight is 334 g/mol. The van der Waals surface area contributed by atoms with Crippen molar-refractivity contribution < 1.29 is 14.5 Å². The van der Waals surface area contributed by atoms with Crippen molar-refractivity contribution in [3.05, 3.63) is 69.2 Å². The second-order valence-electron chi connectivity index (χ2n) is 5.45. The summed E-state index contributed by atoms with van der Waals surface area (Å²) in [5.74, 6) is -0.777. The molecule has 120 valence electrons. The van der Waals surface area contributed by atoms with E-state index < -0.39 is 16.8 Å². The Hall–Kier alpha value is -2.40. The van der Waals surface area contributed by atoms with E-state index in [1.165, 1.54) is 24.3 Å². The monoisotopic (exact) mass is 333 g/mol. The molecule has 0 heterocycles. The molecule has 0 spiro atoms. The highest BCUT2D eigenvalue weighted by Gasteiger charge is 2.26. The van der Waals surface area contributed by atoms with Crippen LogP contribution >= 0.6 is 11.6 Å². The lowest BCUT2D eigenvalue weighted by Gasteiger charge is -2.19. The highest BCUT2D eigenvalue weighted by Crippen LogP contribution is 2.29. The Morgan fingerprint density at radius 2 is 1.83 bits per heavy atom. The molecule has 0 aliphatic heterocycles. The molecule has 0 radical (unpaired) electrons. The smallest absolute Gasteiger partial charge is 0.319 e. The first-order chi connectivity index (χ1) is 10.9. The number of nitrogens with zero attached hydrogens (tertiary/aromatic N) is 1. The Labute approximate surface area is 139 Å². The number of rotatable bonds is 5. The molecule has 0 aromatic heterocycles. The lowest BCUT2D eigenvalue weighted by Crippen LogP contribution is -2.23. The van der Waals surface area contributed by atoms with E-state index in [4.69, 9.17) is 16.3 Å². The van der Waals surface area contributed by atoms with Crippen LogP contribution in [0.4, 0.5) is 5.69 Å². The van der Waals surface area contributed by atoms with Crippen LogP contribution in [0, 0.1) is 16.0 Å². The van der Waals surface area contributed by atoms with Gasteiger partial charge >= 0.3 is 5.97 Å². The molecule has 0 bridgehead atoms. The van der Waals surface area contributed by atoms with Crippen LogP contribution in [0.2, 0.25) is 5.02 Å². The van der Waals surface area contributed by atoms with E-state index in [0.29, 0.717) is 5.02 Å². The first-order valence-corrected chi connectivity index (χ1v) is 7.48. The largest absolute Gasteiger partial charge is 0.426 e. The van der Waals surface area contributed by atoms with Crippen LogP contribution in [-0.2, 0) is 4.79 Å². The molecule has 5 nitrogen and oxygen atoms in total. The summed E-state index contributed by atoms with van der Waals surface area (Å²) in [5, 5.41) is 11.4. The van der Waals surface area contributed by atoms with Gasteiger partial charge in [-0.15, -0.1) is 0 Å². The van der Waals surface area contributed by atoms with E-state index in [1.807, 2.05) is 13.8 Å². The number of halogens is 1. The van der Waals surface area contributed by atoms with E-state index in [9.17, 15) is 14.9 Å². The third-order valence-electron chi connectivity index (χ3n) is 3.40. The minimum atomic E-state index is -0.531. The van der Waals surface area contributed by atoms with Crippen molar-refractivity contribution >= 4 is 23.3 Å². The summed E-state index contributed by atoms with van der Waals surface area (Å²) in [6, 6.07) is 12.6. The summed E-state index contributed by atoms with van der Waals surface area (Å²) in [7, 11) is 0. The summed E-state index contributed by atoms with van der Waals surface area (Å²) >= 11 is 5.87. The summed E-state index contributed by atoms with van der Waals surface area (Å²) in [6.07, 6.45) is 0. The number of carbonyl (C=O) groups is 1. The van der Waals surface area contributed by atoms with E-state index in [0.717, 1.165) is 5.56 Å².